The predicted molar refractivity (Wildman–Crippen MR) is 113 cm³/mol. The molecule has 2 aromatic rings. The number of piperidine rings is 1. The Labute approximate surface area is 182 Å². The Hall–Kier alpha value is -2.88. The van der Waals surface area contributed by atoms with Crippen LogP contribution in [-0.2, 0) is 27.1 Å². The van der Waals surface area contributed by atoms with E-state index in [-0.39, 0.29) is 24.8 Å². The number of ether oxygens (including phenoxy) is 2. The van der Waals surface area contributed by atoms with Crippen LogP contribution >= 0.6 is 0 Å². The molecule has 1 aliphatic carbocycles. The normalized spacial score (nSPS) is 28.5. The fourth-order valence-corrected chi connectivity index (χ4v) is 5.00. The van der Waals surface area contributed by atoms with E-state index in [9.17, 15) is 15.2 Å². The molecule has 2 saturated heterocycles. The minimum atomic E-state index is -1.06. The highest BCUT2D eigenvalue weighted by Crippen LogP contribution is 2.49. The van der Waals surface area contributed by atoms with Crippen LogP contribution in [0.5, 0.6) is 0 Å². The Morgan fingerprint density at radius 3 is 2.42 bits per heavy atom. The van der Waals surface area contributed by atoms with Gasteiger partial charge in [-0.05, 0) is 29.5 Å². The molecule has 5 rings (SSSR count). The summed E-state index contributed by atoms with van der Waals surface area (Å²) in [5.74, 6) is 0. The zero-order valence-electron chi connectivity index (χ0n) is 17.4. The largest absolute Gasteiger partial charge is 0.445 e. The Kier molecular flexibility index (Phi) is 4.96. The van der Waals surface area contributed by atoms with E-state index in [0.29, 0.717) is 26.1 Å². The smallest absolute Gasteiger partial charge is 0.410 e. The average Bonchev–Trinajstić information content (AvgIpc) is 3.59. The number of hydrogen-bond donors (Lipinski definition) is 1. The number of fused-ring (bicyclic) bond motifs is 2. The molecule has 3 aliphatic rings. The first-order valence-electron chi connectivity index (χ1n) is 10.8. The molecule has 160 valence electrons. The third-order valence-electron chi connectivity index (χ3n) is 6.89. The Balaban J connectivity index is 1.33. The quantitative estimate of drug-likeness (QED) is 0.820. The van der Waals surface area contributed by atoms with Crippen LogP contribution in [-0.4, -0.2) is 41.4 Å². The summed E-state index contributed by atoms with van der Waals surface area (Å²) in [5.41, 5.74) is 1.28. The standard InChI is InChI=1S/C25H26N2O4/c26-17-24(9-10-24)19-7-4-8-20(11-19)25(29)12-21-15-30-16-22(13-25)27(21)23(28)31-14-18-5-2-1-3-6-18/h1-8,11,21-22,29H,9-10,12-16H2. The highest BCUT2D eigenvalue weighted by Gasteiger charge is 2.50. The summed E-state index contributed by atoms with van der Waals surface area (Å²) in [5, 5.41) is 21.2. The Bertz CT molecular complexity index is 998. The first kappa shape index (κ1) is 20.0. The molecule has 2 aliphatic heterocycles. The van der Waals surface area contributed by atoms with E-state index in [0.717, 1.165) is 29.5 Å². The summed E-state index contributed by atoms with van der Waals surface area (Å²) in [7, 11) is 0. The van der Waals surface area contributed by atoms with Crippen LogP contribution in [0, 0.1) is 11.3 Å². The molecule has 0 aromatic heterocycles. The number of aliphatic hydroxyl groups is 1. The minimum Gasteiger partial charge on any atom is -0.445 e. The van der Waals surface area contributed by atoms with Crippen molar-refractivity contribution in [3.63, 3.8) is 0 Å². The van der Waals surface area contributed by atoms with Crippen LogP contribution in [0.25, 0.3) is 0 Å². The lowest BCUT2D eigenvalue weighted by Gasteiger charge is -2.51. The van der Waals surface area contributed by atoms with E-state index in [1.54, 1.807) is 4.90 Å². The van der Waals surface area contributed by atoms with Gasteiger partial charge in [0.15, 0.2) is 0 Å². The minimum absolute atomic E-state index is 0.221. The summed E-state index contributed by atoms with van der Waals surface area (Å²) >= 11 is 0. The maximum Gasteiger partial charge on any atom is 0.410 e. The van der Waals surface area contributed by atoms with Gasteiger partial charge in [-0.25, -0.2) is 4.79 Å². The summed E-state index contributed by atoms with van der Waals surface area (Å²) < 4.78 is 11.3. The van der Waals surface area contributed by atoms with Crippen LogP contribution in [0.15, 0.2) is 54.6 Å². The number of carbonyl (C=O) groups excluding carboxylic acids is 1. The lowest BCUT2D eigenvalue weighted by Crippen LogP contribution is -2.62. The molecule has 31 heavy (non-hydrogen) atoms. The third kappa shape index (κ3) is 3.69. The Morgan fingerprint density at radius 2 is 1.77 bits per heavy atom. The number of nitriles is 1. The van der Waals surface area contributed by atoms with Crippen LogP contribution in [0.3, 0.4) is 0 Å². The van der Waals surface area contributed by atoms with Crippen molar-refractivity contribution in [2.45, 2.75) is 55.4 Å². The lowest BCUT2D eigenvalue weighted by atomic mass is 9.76. The number of rotatable bonds is 4. The van der Waals surface area contributed by atoms with Crippen molar-refractivity contribution in [3.05, 3.63) is 71.3 Å². The monoisotopic (exact) mass is 418 g/mol. The molecule has 1 saturated carbocycles. The van der Waals surface area contributed by atoms with E-state index < -0.39 is 11.0 Å². The molecule has 2 heterocycles. The maximum atomic E-state index is 12.9. The summed E-state index contributed by atoms with van der Waals surface area (Å²) in [6, 6.07) is 19.3. The summed E-state index contributed by atoms with van der Waals surface area (Å²) in [4.78, 5) is 14.6. The van der Waals surface area contributed by atoms with Gasteiger partial charge in [0, 0.05) is 12.8 Å². The molecule has 2 bridgehead atoms. The zero-order chi connectivity index (χ0) is 21.5. The van der Waals surface area contributed by atoms with Crippen LogP contribution in [0.1, 0.15) is 42.4 Å². The van der Waals surface area contributed by atoms with Gasteiger partial charge < -0.3 is 14.6 Å². The SMILES string of the molecule is N#CC1(c2cccc(C3(O)CC4COCC(C3)N4C(=O)OCc3ccccc3)c2)CC1. The molecule has 0 spiro atoms. The number of hydrogen-bond acceptors (Lipinski definition) is 5. The molecule has 1 N–H and O–H groups in total. The molecule has 3 fully saturated rings. The molecular weight excluding hydrogens is 392 g/mol. The fraction of sp³-hybridized carbons (Fsp3) is 0.440. The number of carbonyl (C=O) groups is 1. The lowest BCUT2D eigenvalue weighted by molar-refractivity contribution is -0.137. The van der Waals surface area contributed by atoms with Gasteiger partial charge in [0.2, 0.25) is 0 Å². The second-order valence-corrected chi connectivity index (χ2v) is 9.01. The highest BCUT2D eigenvalue weighted by atomic mass is 16.6. The average molecular weight is 418 g/mol. The molecule has 6 nitrogen and oxygen atoms in total. The van der Waals surface area contributed by atoms with Crippen LogP contribution in [0.2, 0.25) is 0 Å². The van der Waals surface area contributed by atoms with E-state index in [1.807, 2.05) is 54.6 Å². The summed E-state index contributed by atoms with van der Waals surface area (Å²) in [6.45, 7) is 0.973. The van der Waals surface area contributed by atoms with E-state index in [1.165, 1.54) is 0 Å². The summed E-state index contributed by atoms with van der Waals surface area (Å²) in [6.07, 6.45) is 2.14. The fourth-order valence-electron chi connectivity index (χ4n) is 5.00. The van der Waals surface area contributed by atoms with Gasteiger partial charge >= 0.3 is 6.09 Å². The van der Waals surface area contributed by atoms with Crippen molar-refractivity contribution in [1.29, 1.82) is 5.26 Å². The van der Waals surface area contributed by atoms with Crippen molar-refractivity contribution in [1.82, 2.24) is 4.90 Å². The third-order valence-corrected chi connectivity index (χ3v) is 6.89. The van der Waals surface area contributed by atoms with Crippen LogP contribution in [0.4, 0.5) is 4.79 Å². The Morgan fingerprint density at radius 1 is 1.10 bits per heavy atom. The van der Waals surface area contributed by atoms with Gasteiger partial charge in [-0.3, -0.25) is 4.90 Å². The molecule has 1 amide bonds. The zero-order valence-corrected chi connectivity index (χ0v) is 17.4. The van der Waals surface area contributed by atoms with Gasteiger partial charge in [0.1, 0.15) is 6.61 Å². The van der Waals surface area contributed by atoms with E-state index in [2.05, 4.69) is 6.07 Å². The molecule has 2 aromatic carbocycles. The highest BCUT2D eigenvalue weighted by molar-refractivity contribution is 5.69. The van der Waals surface area contributed by atoms with Gasteiger partial charge in [-0.2, -0.15) is 5.26 Å². The van der Waals surface area contributed by atoms with Crippen LogP contribution < -0.4 is 0 Å². The van der Waals surface area contributed by atoms with Crippen molar-refractivity contribution in [3.8, 4) is 6.07 Å². The van der Waals surface area contributed by atoms with Crippen molar-refractivity contribution < 1.29 is 19.4 Å². The number of nitrogens with zero attached hydrogens (tertiary/aromatic N) is 2. The molecule has 2 unspecified atom stereocenters. The number of benzene rings is 2. The van der Waals surface area contributed by atoms with Gasteiger partial charge in [0.05, 0.1) is 42.4 Å². The predicted octanol–water partition coefficient (Wildman–Crippen LogP) is 3.63. The molecule has 6 heteroatoms. The first-order valence-corrected chi connectivity index (χ1v) is 10.8. The number of morpholine rings is 1. The molecule has 0 radical (unpaired) electrons. The molecular formula is C25H26N2O4. The van der Waals surface area contributed by atoms with E-state index in [4.69, 9.17) is 9.47 Å². The topological polar surface area (TPSA) is 82.8 Å². The van der Waals surface area contributed by atoms with Crippen molar-refractivity contribution in [2.24, 2.45) is 0 Å². The van der Waals surface area contributed by atoms with Crippen molar-refractivity contribution >= 4 is 6.09 Å². The molecule has 2 atom stereocenters. The van der Waals surface area contributed by atoms with Gasteiger partial charge in [-0.1, -0.05) is 54.6 Å². The van der Waals surface area contributed by atoms with Gasteiger partial charge in [-0.15, -0.1) is 0 Å². The maximum absolute atomic E-state index is 12.9. The second-order valence-electron chi connectivity index (χ2n) is 9.01. The van der Waals surface area contributed by atoms with E-state index >= 15 is 0 Å². The first-order chi connectivity index (χ1) is 15.0. The van der Waals surface area contributed by atoms with Gasteiger partial charge in [0.25, 0.3) is 0 Å². The van der Waals surface area contributed by atoms with Crippen molar-refractivity contribution in [2.75, 3.05) is 13.2 Å². The second kappa shape index (κ2) is 7.67. The number of amides is 1.